The Morgan fingerprint density at radius 1 is 1.06 bits per heavy atom. The molecule has 0 N–H and O–H groups in total. The van der Waals surface area contributed by atoms with E-state index in [2.05, 4.69) is 26.0 Å². The van der Waals surface area contributed by atoms with Crippen molar-refractivity contribution in [2.45, 2.75) is 27.7 Å². The van der Waals surface area contributed by atoms with E-state index in [-0.39, 0.29) is 0 Å². The Morgan fingerprint density at radius 3 is 2.29 bits per heavy atom. The lowest BCUT2D eigenvalue weighted by Crippen LogP contribution is -1.96. The van der Waals surface area contributed by atoms with E-state index in [9.17, 15) is 0 Å². The largest absolute Gasteiger partial charge is 0.489 e. The molecule has 0 atom stereocenters. The van der Waals surface area contributed by atoms with E-state index >= 15 is 0 Å². The second-order valence-electron chi connectivity index (χ2n) is 3.51. The highest BCUT2D eigenvalue weighted by molar-refractivity contribution is 5.35. The molecule has 0 bridgehead atoms. The van der Waals surface area contributed by atoms with E-state index in [0.717, 1.165) is 5.75 Å². The first-order valence-corrected chi connectivity index (χ1v) is 6.08. The van der Waals surface area contributed by atoms with Crippen molar-refractivity contribution in [3.8, 4) is 5.75 Å². The second-order valence-corrected chi connectivity index (χ2v) is 3.51. The molecular weight excluding hydrogens is 212 g/mol. The first kappa shape index (κ1) is 15.7. The SMILES string of the molecule is CC.COC/C=C/COc1ccc(C)cc1C. The number of aryl methyl sites for hydroxylation is 2. The molecule has 0 aliphatic rings. The standard InChI is InChI=1S/C13H18O2.C2H6/c1-11-6-7-13(12(2)10-11)15-9-5-4-8-14-3;1-2/h4-7,10H,8-9H2,1-3H3;1-2H3/b5-4+;. The molecule has 0 amide bonds. The van der Waals surface area contributed by atoms with Crippen LogP contribution in [-0.4, -0.2) is 20.3 Å². The fourth-order valence-corrected chi connectivity index (χ4v) is 1.33. The van der Waals surface area contributed by atoms with Crippen molar-refractivity contribution in [3.63, 3.8) is 0 Å². The summed E-state index contributed by atoms with van der Waals surface area (Å²) in [6.45, 7) is 9.36. The smallest absolute Gasteiger partial charge is 0.122 e. The normalized spacial score (nSPS) is 9.94. The summed E-state index contributed by atoms with van der Waals surface area (Å²) in [5.74, 6) is 0.947. The van der Waals surface area contributed by atoms with Crippen LogP contribution in [0.3, 0.4) is 0 Å². The van der Waals surface area contributed by atoms with Gasteiger partial charge < -0.3 is 9.47 Å². The molecule has 0 saturated heterocycles. The molecule has 96 valence electrons. The van der Waals surface area contributed by atoms with Gasteiger partial charge in [0.15, 0.2) is 0 Å². The Bertz CT molecular complexity index is 330. The monoisotopic (exact) mass is 236 g/mol. The minimum absolute atomic E-state index is 0.591. The maximum Gasteiger partial charge on any atom is 0.122 e. The second kappa shape index (κ2) is 9.91. The van der Waals surface area contributed by atoms with Gasteiger partial charge >= 0.3 is 0 Å². The molecule has 0 aliphatic heterocycles. The number of benzene rings is 1. The van der Waals surface area contributed by atoms with E-state index in [1.54, 1.807) is 7.11 Å². The highest BCUT2D eigenvalue weighted by Gasteiger charge is 1.97. The first-order valence-electron chi connectivity index (χ1n) is 6.08. The predicted octanol–water partition coefficient (Wildman–Crippen LogP) is 3.91. The summed E-state index contributed by atoms with van der Waals surface area (Å²) < 4.78 is 10.5. The molecule has 0 heterocycles. The van der Waals surface area contributed by atoms with Crippen molar-refractivity contribution in [2.24, 2.45) is 0 Å². The van der Waals surface area contributed by atoms with Crippen LogP contribution in [-0.2, 0) is 4.74 Å². The molecule has 0 aliphatic carbocycles. The minimum Gasteiger partial charge on any atom is -0.489 e. The maximum atomic E-state index is 5.60. The number of hydrogen-bond acceptors (Lipinski definition) is 2. The fraction of sp³-hybridized carbons (Fsp3) is 0.467. The van der Waals surface area contributed by atoms with Gasteiger partial charge in [0, 0.05) is 7.11 Å². The Labute approximate surface area is 105 Å². The third kappa shape index (κ3) is 6.80. The van der Waals surface area contributed by atoms with Crippen LogP contribution in [0.5, 0.6) is 5.75 Å². The van der Waals surface area contributed by atoms with Crippen molar-refractivity contribution in [1.29, 1.82) is 0 Å². The summed E-state index contributed by atoms with van der Waals surface area (Å²) in [6, 6.07) is 6.18. The van der Waals surface area contributed by atoms with Gasteiger partial charge in [0.25, 0.3) is 0 Å². The lowest BCUT2D eigenvalue weighted by molar-refractivity contribution is 0.233. The van der Waals surface area contributed by atoms with Crippen molar-refractivity contribution in [1.82, 2.24) is 0 Å². The van der Waals surface area contributed by atoms with Crippen molar-refractivity contribution in [2.75, 3.05) is 20.3 Å². The number of rotatable bonds is 5. The van der Waals surface area contributed by atoms with Gasteiger partial charge in [-0.2, -0.15) is 0 Å². The molecule has 1 aromatic rings. The van der Waals surface area contributed by atoms with Crippen LogP contribution in [0.2, 0.25) is 0 Å². The Morgan fingerprint density at radius 2 is 1.71 bits per heavy atom. The summed E-state index contributed by atoms with van der Waals surface area (Å²) >= 11 is 0. The van der Waals surface area contributed by atoms with Crippen LogP contribution in [0.25, 0.3) is 0 Å². The van der Waals surface area contributed by atoms with E-state index in [1.807, 2.05) is 32.1 Å². The molecule has 0 unspecified atom stereocenters. The van der Waals surface area contributed by atoms with E-state index in [0.29, 0.717) is 13.2 Å². The van der Waals surface area contributed by atoms with Crippen LogP contribution < -0.4 is 4.74 Å². The van der Waals surface area contributed by atoms with E-state index in [1.165, 1.54) is 11.1 Å². The zero-order valence-electron chi connectivity index (χ0n) is 11.6. The number of hydrogen-bond donors (Lipinski definition) is 0. The third-order valence-electron chi connectivity index (χ3n) is 2.10. The van der Waals surface area contributed by atoms with Gasteiger partial charge in [-0.15, -0.1) is 0 Å². The fourth-order valence-electron chi connectivity index (χ4n) is 1.33. The quantitative estimate of drug-likeness (QED) is 0.722. The zero-order chi connectivity index (χ0) is 13.1. The molecule has 0 aromatic heterocycles. The van der Waals surface area contributed by atoms with Gasteiger partial charge in [-0.25, -0.2) is 0 Å². The molecule has 0 radical (unpaired) electrons. The van der Waals surface area contributed by atoms with Gasteiger partial charge in [0.05, 0.1) is 6.61 Å². The van der Waals surface area contributed by atoms with Crippen LogP contribution in [0.4, 0.5) is 0 Å². The third-order valence-corrected chi connectivity index (χ3v) is 2.10. The van der Waals surface area contributed by atoms with Gasteiger partial charge in [-0.3, -0.25) is 0 Å². The lowest BCUT2D eigenvalue weighted by atomic mass is 10.1. The van der Waals surface area contributed by atoms with Gasteiger partial charge in [-0.05, 0) is 31.6 Å². The molecule has 1 aromatic carbocycles. The number of ether oxygens (including phenoxy) is 2. The first-order chi connectivity index (χ1) is 8.24. The maximum absolute atomic E-state index is 5.60. The molecule has 17 heavy (non-hydrogen) atoms. The summed E-state index contributed by atoms with van der Waals surface area (Å²) in [7, 11) is 1.68. The van der Waals surface area contributed by atoms with E-state index in [4.69, 9.17) is 9.47 Å². The minimum atomic E-state index is 0.591. The molecular formula is C15H24O2. The molecule has 0 saturated carbocycles. The Hall–Kier alpha value is -1.28. The lowest BCUT2D eigenvalue weighted by Gasteiger charge is -2.07. The molecule has 2 nitrogen and oxygen atoms in total. The van der Waals surface area contributed by atoms with E-state index < -0.39 is 0 Å². The summed E-state index contributed by atoms with van der Waals surface area (Å²) in [4.78, 5) is 0. The van der Waals surface area contributed by atoms with Crippen molar-refractivity contribution < 1.29 is 9.47 Å². The Kier molecular flexibility index (Phi) is 9.17. The van der Waals surface area contributed by atoms with Crippen LogP contribution in [0.1, 0.15) is 25.0 Å². The predicted molar refractivity (Wildman–Crippen MR) is 73.8 cm³/mol. The topological polar surface area (TPSA) is 18.5 Å². The average molecular weight is 236 g/mol. The molecule has 2 heteroatoms. The van der Waals surface area contributed by atoms with Crippen LogP contribution in [0, 0.1) is 13.8 Å². The summed E-state index contributed by atoms with van der Waals surface area (Å²) in [5.41, 5.74) is 2.44. The average Bonchev–Trinajstić information content (AvgIpc) is 2.34. The molecule has 1 rings (SSSR count). The Balaban J connectivity index is 0.00000121. The van der Waals surface area contributed by atoms with Crippen molar-refractivity contribution in [3.05, 3.63) is 41.5 Å². The molecule has 0 spiro atoms. The van der Waals surface area contributed by atoms with Gasteiger partial charge in [0.1, 0.15) is 12.4 Å². The molecule has 0 fully saturated rings. The zero-order valence-corrected chi connectivity index (χ0v) is 11.6. The van der Waals surface area contributed by atoms with Gasteiger partial charge in [0.2, 0.25) is 0 Å². The number of methoxy groups -OCH3 is 1. The highest BCUT2D eigenvalue weighted by atomic mass is 16.5. The summed E-state index contributed by atoms with van der Waals surface area (Å²) in [6.07, 6.45) is 3.91. The van der Waals surface area contributed by atoms with Crippen molar-refractivity contribution >= 4 is 0 Å². The highest BCUT2D eigenvalue weighted by Crippen LogP contribution is 2.18. The van der Waals surface area contributed by atoms with Crippen LogP contribution >= 0.6 is 0 Å². The van der Waals surface area contributed by atoms with Crippen LogP contribution in [0.15, 0.2) is 30.4 Å². The van der Waals surface area contributed by atoms with Gasteiger partial charge in [-0.1, -0.05) is 37.6 Å². The summed E-state index contributed by atoms with van der Waals surface area (Å²) in [5, 5.41) is 0.